The van der Waals surface area contributed by atoms with Gasteiger partial charge in [0, 0.05) is 105 Å². The fraction of sp³-hybridized carbons (Fsp3) is 0.674. The van der Waals surface area contributed by atoms with Crippen molar-refractivity contribution < 1.29 is 126 Å². The summed E-state index contributed by atoms with van der Waals surface area (Å²) >= 11 is 14.8. The van der Waals surface area contributed by atoms with E-state index >= 15 is 24.0 Å². The number of amides is 5. The van der Waals surface area contributed by atoms with Crippen molar-refractivity contribution >= 4 is 80.3 Å². The van der Waals surface area contributed by atoms with Gasteiger partial charge in [0.1, 0.15) is 60.4 Å². The van der Waals surface area contributed by atoms with Crippen molar-refractivity contribution in [1.82, 2.24) is 30.5 Å². The number of carbonyl (C=O) groups is 8. The van der Waals surface area contributed by atoms with Crippen LogP contribution in [0.4, 0.5) is 0 Å². The first-order valence-corrected chi connectivity index (χ1v) is 45.3. The summed E-state index contributed by atoms with van der Waals surface area (Å²) in [4.78, 5) is 123. The van der Waals surface area contributed by atoms with Gasteiger partial charge in [-0.05, 0) is 144 Å². The highest BCUT2D eigenvalue weighted by molar-refractivity contribution is 7.89. The van der Waals surface area contributed by atoms with Gasteiger partial charge in [-0.1, -0.05) is 70.4 Å². The number of sulfonamides is 1. The second kappa shape index (κ2) is 40.3. The van der Waals surface area contributed by atoms with Gasteiger partial charge < -0.3 is 112 Å². The van der Waals surface area contributed by atoms with Gasteiger partial charge in [-0.25, -0.2) is 13.2 Å². The number of hydrogen-bond donors (Lipinski definition) is 16. The van der Waals surface area contributed by atoms with Crippen LogP contribution in [0.3, 0.4) is 0 Å². The number of Topliss-reactive ketones (excluding diaryl/α,β-unsaturated/α-hetero) is 2. The molecule has 0 aromatic heterocycles. The zero-order valence-corrected chi connectivity index (χ0v) is 72.2. The number of aliphatic hydroxyl groups excluding tert-OH is 9. The second-order valence-corrected chi connectivity index (χ2v) is 38.7. The molecule has 14 rings (SSSR count). The molecule has 2 aromatic rings. The largest absolute Gasteiger partial charge is 0.512 e. The van der Waals surface area contributed by atoms with E-state index < -0.39 is 263 Å². The fourth-order valence-electron chi connectivity index (χ4n) is 19.4. The van der Waals surface area contributed by atoms with Gasteiger partial charge in [-0.2, -0.15) is 4.31 Å². The Hall–Kier alpha value is -7.43. The van der Waals surface area contributed by atoms with Crippen LogP contribution in [0.15, 0.2) is 87.5 Å². The topological polar surface area (TPSA) is 535 Å². The summed E-state index contributed by atoms with van der Waals surface area (Å²) in [5.41, 5.74) is 10.8. The van der Waals surface area contributed by atoms with Crippen LogP contribution in [-0.2, 0) is 57.9 Å². The Morgan fingerprint density at radius 2 is 1.54 bits per heavy atom. The molecule has 1 saturated carbocycles. The molecule has 34 nitrogen and oxygen atoms in total. The lowest BCUT2D eigenvalue weighted by molar-refractivity contribution is -0.286. The average Bonchev–Trinajstić information content (AvgIpc) is 0.749. The number of rotatable bonds is 22. The zero-order chi connectivity index (χ0) is 89.1. The van der Waals surface area contributed by atoms with E-state index in [1.807, 2.05) is 13.8 Å². The molecule has 7 heterocycles. The quantitative estimate of drug-likeness (QED) is 0.0458. The lowest BCUT2D eigenvalue weighted by atomic mass is 9.65. The molecule has 37 heteroatoms. The third kappa shape index (κ3) is 21.4. The van der Waals surface area contributed by atoms with Crippen molar-refractivity contribution in [2.45, 2.75) is 270 Å². The number of ether oxygens (including phenoxy) is 6. The lowest BCUT2D eigenvalue weighted by Crippen LogP contribution is -2.63. The molecule has 3 fully saturated rings. The van der Waals surface area contributed by atoms with Crippen LogP contribution in [-0.4, -0.2) is 264 Å². The van der Waals surface area contributed by atoms with Gasteiger partial charge in [0.15, 0.2) is 29.4 Å². The Labute approximate surface area is 724 Å². The van der Waals surface area contributed by atoms with Gasteiger partial charge in [-0.15, -0.1) is 11.6 Å². The monoisotopic (exact) mass is 1780 g/mol. The van der Waals surface area contributed by atoms with E-state index in [4.69, 9.17) is 63.1 Å². The van der Waals surface area contributed by atoms with E-state index in [0.29, 0.717) is 25.2 Å². The van der Waals surface area contributed by atoms with Crippen LogP contribution in [0.2, 0.25) is 0 Å². The summed E-state index contributed by atoms with van der Waals surface area (Å²) in [6.45, 7) is 10.3. The highest BCUT2D eigenvalue weighted by atomic mass is 35.5. The molecule has 7 aliphatic heterocycles. The van der Waals surface area contributed by atoms with E-state index in [2.05, 4.69) is 28.2 Å². The molecular weight excluding hydrogens is 1660 g/mol. The lowest BCUT2D eigenvalue weighted by Gasteiger charge is -2.47. The molecule has 123 heavy (non-hydrogen) atoms. The van der Waals surface area contributed by atoms with E-state index in [1.165, 1.54) is 52.9 Å². The molecule has 18 N–H and O–H groups in total. The minimum absolute atomic E-state index is 0.00119. The number of nitrogens with two attached hydrogens (primary N) is 2. The van der Waals surface area contributed by atoms with E-state index in [1.54, 1.807) is 37.8 Å². The maximum absolute atomic E-state index is 16.7. The first-order valence-electron chi connectivity index (χ1n) is 43.0. The van der Waals surface area contributed by atoms with Crippen molar-refractivity contribution in [3.63, 3.8) is 0 Å². The van der Waals surface area contributed by atoms with E-state index in [9.17, 15) is 73.9 Å². The third-order valence-corrected chi connectivity index (χ3v) is 28.9. The normalized spacial score (nSPS) is 36.6. The van der Waals surface area contributed by atoms with Gasteiger partial charge in [-0.3, -0.25) is 38.5 Å². The number of aliphatic carboxylic acids is 1. The summed E-state index contributed by atoms with van der Waals surface area (Å²) in [6.07, 6.45) is -15.1. The molecule has 5 aliphatic carbocycles. The van der Waals surface area contributed by atoms with Crippen LogP contribution in [0.5, 0.6) is 23.0 Å². The minimum atomic E-state index is -4.18. The van der Waals surface area contributed by atoms with Gasteiger partial charge >= 0.3 is 5.97 Å². The predicted molar refractivity (Wildman–Crippen MR) is 443 cm³/mol. The van der Waals surface area contributed by atoms with Crippen LogP contribution >= 0.6 is 23.2 Å². The summed E-state index contributed by atoms with van der Waals surface area (Å²) in [7, 11) is -4.18. The molecule has 12 aliphatic rings. The number of primary amides is 1. The Balaban J connectivity index is 1.00. The molecule has 680 valence electrons. The molecule has 2 aromatic carbocycles. The van der Waals surface area contributed by atoms with Gasteiger partial charge in [0.25, 0.3) is 0 Å². The first kappa shape index (κ1) is 94.7. The van der Waals surface area contributed by atoms with Crippen LogP contribution in [0.25, 0.3) is 0 Å². The molecule has 28 atom stereocenters. The van der Waals surface area contributed by atoms with Crippen LogP contribution < -0.4 is 51.7 Å². The molecule has 11 bridgehead atoms. The van der Waals surface area contributed by atoms with E-state index in [0.717, 1.165) is 19.3 Å². The Morgan fingerprint density at radius 3 is 2.20 bits per heavy atom. The smallest absolute Gasteiger partial charge is 0.326 e. The molecular formula is C86H120Cl2N8O26S. The molecule has 2 unspecified atom stereocenters. The number of alkyl halides is 1. The predicted octanol–water partition coefficient (Wildman–Crippen LogP) is 2.96. The zero-order valence-electron chi connectivity index (χ0n) is 69.9. The third-order valence-electron chi connectivity index (χ3n) is 26.3. The van der Waals surface area contributed by atoms with Gasteiger partial charge in [0.05, 0.1) is 88.9 Å². The number of hydrogen-bond acceptors (Lipinski definition) is 27. The highest BCUT2D eigenvalue weighted by Crippen LogP contribution is 2.50. The Bertz CT molecular complexity index is 4440. The second-order valence-electron chi connectivity index (χ2n) is 35.7. The number of carboxylic acids is 1. The highest BCUT2D eigenvalue weighted by Gasteiger charge is 2.55. The van der Waals surface area contributed by atoms with Gasteiger partial charge in [0.2, 0.25) is 45.3 Å². The average molecular weight is 1780 g/mol. The van der Waals surface area contributed by atoms with Crippen molar-refractivity contribution in [2.75, 3.05) is 39.5 Å². The standard InChI is InChI=1S/C86H120Cl2N8O26S/c1-7-9-10-24-117-49-15-17-50(18-16-49)123(115,116)96-23-11-22-95(39-96)37-54-58(99)35-53-68(76(54)106)52-26-43(12-19-57(52)98)51-34-60(101)69-46-30-63(119-61-20-13-44(27-55(61)87)73(103)71(93-81(109)42(8-2)25-40(3)4)59(100)29-47(33-66(89)102)82(110)91-69)78(121-65-32-48(38-97)75(105)77(107)79(65)122-67-36-86(6,90)80(108)41(5)118-67)64(31-46)120-62-21-14-45(28-56(62)88)74(104)72(94-83(51)111)84(112)92-70(53)85(113)114/h13,15-18,20,26,28,30-31,40-45,47-48,51,53,55,57,61-62,65,67-77,79-80,97-99,103-108H,7-12,14,19,21-25,27,29,32-39,90H2,1-6H3,(H2,89,102)(H,91,110)(H,92,112)(H,93,109)(H,94,111)(H,113,114)/t41-,42+,43-,44-,45-,47-,48+,51+,53?,55+,57+,61+,62+,65+,67-,68?,69+,70-,71-,72-,73+,74+,75+,76-,77-,79-,80+,86-/m0/s1. The number of halogens is 2. The molecule has 0 radical (unpaired) electrons. The number of carbonyl (C=O) groups excluding carboxylic acids is 7. The SMILES string of the molecule is CCCCCOc1ccc(S(=O)(=O)N2CCCN(CC3=C(O)CC4C(C5=C[C@H](CC[C@H]5O)[C@H]5CC(=O)[C@@H]6NC(=O)[C@H](CC(N)=O)CC(=O)[C@H](NC(=O)[C@H](CC)CC(C)C)[C@H](O)[C@H]7C=C[C@@H](Oc8cc6cc(c8O[C@@H]6C[C@H](CO)[C@@H](O)[C@H](O)[C@H]6O[C@H]6C[C@](C)(N)[C@H](O)[C@H](C)O6)O[C@@H]6CC[C@@H](C=C6Cl)[C@@H](O)[C@H](NC5=O)C(=O)N[C@@H]4C(=O)O)[C@H](Cl)C7)[C@H]3O)C2)cc1. The number of carboxylic acid groups (broad SMARTS) is 1. The van der Waals surface area contributed by atoms with Crippen LogP contribution in [0, 0.1) is 59.2 Å². The number of ketones is 2. The van der Waals surface area contributed by atoms with Crippen molar-refractivity contribution in [3.05, 3.63) is 88.2 Å². The Morgan fingerprint density at radius 1 is 0.821 bits per heavy atom. The summed E-state index contributed by atoms with van der Waals surface area (Å²) in [5.74, 6) is -22.2. The van der Waals surface area contributed by atoms with Crippen molar-refractivity contribution in [2.24, 2.45) is 70.6 Å². The fourth-order valence-corrected chi connectivity index (χ4v) is 21.5. The van der Waals surface area contributed by atoms with Crippen molar-refractivity contribution in [1.29, 1.82) is 0 Å². The number of allylic oxidation sites excluding steroid dienone is 2. The molecule has 0 spiro atoms. The number of unbranched alkanes of at least 4 members (excludes halogenated alkanes) is 2. The summed E-state index contributed by atoms with van der Waals surface area (Å²) < 4.78 is 69.6. The summed E-state index contributed by atoms with van der Waals surface area (Å²) in [6, 6.07) is 0.434. The molecule has 2 saturated heterocycles. The number of benzene rings is 2. The van der Waals surface area contributed by atoms with Crippen molar-refractivity contribution in [3.8, 4) is 23.0 Å². The maximum Gasteiger partial charge on any atom is 0.326 e. The Kier molecular flexibility index (Phi) is 31.0. The van der Waals surface area contributed by atoms with Crippen LogP contribution in [0.1, 0.15) is 162 Å². The number of fused-ring (bicyclic) bond motifs is 12. The minimum Gasteiger partial charge on any atom is -0.512 e. The molecule has 5 amide bonds. The first-order chi connectivity index (χ1) is 58.3. The number of nitrogens with zero attached hydrogens (tertiary/aromatic N) is 2. The van der Waals surface area contributed by atoms with E-state index in [-0.39, 0.29) is 127 Å². The summed E-state index contributed by atoms with van der Waals surface area (Å²) in [5, 5.41) is 130. The number of aliphatic hydroxyl groups is 9. The number of nitrogens with one attached hydrogen (secondary N) is 4. The maximum atomic E-state index is 16.7.